The number of esters is 1. The van der Waals surface area contributed by atoms with E-state index in [2.05, 4.69) is 0 Å². The number of ether oxygens (including phenoxy) is 2. The van der Waals surface area contributed by atoms with Crippen LogP contribution in [0, 0.1) is 12.8 Å². The van der Waals surface area contributed by atoms with E-state index in [0.29, 0.717) is 23.8 Å². The summed E-state index contributed by atoms with van der Waals surface area (Å²) in [5.74, 6) is 0.346. The summed E-state index contributed by atoms with van der Waals surface area (Å²) < 4.78 is 10.4. The number of carbonyl (C=O) groups excluding carboxylic acids is 1. The molecule has 0 aliphatic rings. The van der Waals surface area contributed by atoms with Crippen molar-refractivity contribution in [3.8, 4) is 11.5 Å². The fourth-order valence-corrected chi connectivity index (χ4v) is 1.55. The standard InChI is InChI=1S/C14H20O4/c1-5-17-14(16)13-10(4)6-11(7-12(13)15)18-8-9(2)3/h6-7,9,15H,5,8H2,1-4H3. The van der Waals surface area contributed by atoms with Crippen molar-refractivity contribution in [2.24, 2.45) is 5.92 Å². The van der Waals surface area contributed by atoms with Crippen LogP contribution in [0.4, 0.5) is 0 Å². The predicted molar refractivity (Wildman–Crippen MR) is 69.1 cm³/mol. The Hall–Kier alpha value is -1.71. The lowest BCUT2D eigenvalue weighted by atomic mass is 10.1. The molecule has 100 valence electrons. The van der Waals surface area contributed by atoms with Gasteiger partial charge in [-0.25, -0.2) is 4.79 Å². The van der Waals surface area contributed by atoms with E-state index in [1.807, 2.05) is 13.8 Å². The smallest absolute Gasteiger partial charge is 0.342 e. The first-order chi connectivity index (χ1) is 8.45. The minimum atomic E-state index is -0.511. The lowest BCUT2D eigenvalue weighted by Gasteiger charge is -2.12. The van der Waals surface area contributed by atoms with Gasteiger partial charge in [0.25, 0.3) is 0 Å². The Kier molecular flexibility index (Phi) is 5.01. The van der Waals surface area contributed by atoms with E-state index in [4.69, 9.17) is 9.47 Å². The summed E-state index contributed by atoms with van der Waals surface area (Å²) in [6, 6.07) is 3.18. The molecule has 0 saturated carbocycles. The van der Waals surface area contributed by atoms with Gasteiger partial charge in [0.15, 0.2) is 0 Å². The van der Waals surface area contributed by atoms with Crippen molar-refractivity contribution >= 4 is 5.97 Å². The van der Waals surface area contributed by atoms with Crippen molar-refractivity contribution in [3.63, 3.8) is 0 Å². The molecule has 0 saturated heterocycles. The number of hydrogen-bond donors (Lipinski definition) is 1. The van der Waals surface area contributed by atoms with E-state index >= 15 is 0 Å². The average molecular weight is 252 g/mol. The molecule has 0 unspecified atom stereocenters. The summed E-state index contributed by atoms with van der Waals surface area (Å²) in [5, 5.41) is 9.85. The lowest BCUT2D eigenvalue weighted by molar-refractivity contribution is 0.0522. The second-order valence-corrected chi connectivity index (χ2v) is 4.56. The highest BCUT2D eigenvalue weighted by Gasteiger charge is 2.17. The zero-order valence-corrected chi connectivity index (χ0v) is 11.3. The summed E-state index contributed by atoms with van der Waals surface area (Å²) >= 11 is 0. The van der Waals surface area contributed by atoms with Crippen LogP contribution < -0.4 is 4.74 Å². The van der Waals surface area contributed by atoms with E-state index in [-0.39, 0.29) is 17.9 Å². The molecule has 0 heterocycles. The Balaban J connectivity index is 2.94. The Morgan fingerprint density at radius 3 is 2.56 bits per heavy atom. The first-order valence-corrected chi connectivity index (χ1v) is 6.09. The molecular formula is C14H20O4. The zero-order valence-electron chi connectivity index (χ0n) is 11.3. The SMILES string of the molecule is CCOC(=O)c1c(C)cc(OCC(C)C)cc1O. The third-order valence-electron chi connectivity index (χ3n) is 2.35. The first kappa shape index (κ1) is 14.4. The molecule has 0 radical (unpaired) electrons. The third kappa shape index (κ3) is 3.65. The third-order valence-corrected chi connectivity index (χ3v) is 2.35. The van der Waals surface area contributed by atoms with Gasteiger partial charge in [-0.05, 0) is 31.4 Å². The second kappa shape index (κ2) is 6.28. The number of phenolic OH excluding ortho intramolecular Hbond substituents is 1. The molecule has 1 aromatic rings. The molecule has 0 bridgehead atoms. The monoisotopic (exact) mass is 252 g/mol. The van der Waals surface area contributed by atoms with E-state index in [9.17, 15) is 9.90 Å². The molecule has 0 aliphatic heterocycles. The quantitative estimate of drug-likeness (QED) is 0.819. The molecule has 0 fully saturated rings. The zero-order chi connectivity index (χ0) is 13.7. The fourth-order valence-electron chi connectivity index (χ4n) is 1.55. The van der Waals surface area contributed by atoms with Crippen LogP contribution in [0.3, 0.4) is 0 Å². The molecule has 0 aromatic heterocycles. The molecule has 4 nitrogen and oxygen atoms in total. The van der Waals surface area contributed by atoms with Crippen LogP contribution in [-0.4, -0.2) is 24.3 Å². The fraction of sp³-hybridized carbons (Fsp3) is 0.500. The van der Waals surface area contributed by atoms with Gasteiger partial charge in [0.2, 0.25) is 0 Å². The largest absolute Gasteiger partial charge is 0.507 e. The van der Waals surface area contributed by atoms with Crippen LogP contribution in [0.15, 0.2) is 12.1 Å². The number of aromatic hydroxyl groups is 1. The van der Waals surface area contributed by atoms with Crippen LogP contribution in [0.25, 0.3) is 0 Å². The van der Waals surface area contributed by atoms with Gasteiger partial charge in [-0.2, -0.15) is 0 Å². The predicted octanol–water partition coefficient (Wildman–Crippen LogP) is 2.91. The van der Waals surface area contributed by atoms with Crippen LogP contribution in [0.5, 0.6) is 11.5 Å². The summed E-state index contributed by atoms with van der Waals surface area (Å²) in [5.41, 5.74) is 0.848. The normalized spacial score (nSPS) is 10.5. The van der Waals surface area contributed by atoms with Gasteiger partial charge in [-0.1, -0.05) is 13.8 Å². The topological polar surface area (TPSA) is 55.8 Å². The van der Waals surface area contributed by atoms with Gasteiger partial charge in [-0.3, -0.25) is 0 Å². The van der Waals surface area contributed by atoms with E-state index in [0.717, 1.165) is 0 Å². The highest BCUT2D eigenvalue weighted by Crippen LogP contribution is 2.28. The number of aryl methyl sites for hydroxylation is 1. The van der Waals surface area contributed by atoms with Crippen molar-refractivity contribution in [2.75, 3.05) is 13.2 Å². The molecule has 0 aliphatic carbocycles. The van der Waals surface area contributed by atoms with Gasteiger partial charge < -0.3 is 14.6 Å². The molecule has 1 rings (SSSR count). The average Bonchev–Trinajstić information content (AvgIpc) is 2.25. The Labute approximate surface area is 108 Å². The van der Waals surface area contributed by atoms with Gasteiger partial charge in [0, 0.05) is 6.07 Å². The molecule has 4 heteroatoms. The maximum absolute atomic E-state index is 11.6. The Bertz CT molecular complexity index is 401. The summed E-state index contributed by atoms with van der Waals surface area (Å²) in [6.45, 7) is 8.40. The number of hydrogen-bond acceptors (Lipinski definition) is 4. The molecule has 0 amide bonds. The molecule has 0 spiro atoms. The molecule has 1 aromatic carbocycles. The highest BCUT2D eigenvalue weighted by atomic mass is 16.5. The van der Waals surface area contributed by atoms with E-state index in [1.165, 1.54) is 6.07 Å². The van der Waals surface area contributed by atoms with Gasteiger partial charge >= 0.3 is 5.97 Å². The Morgan fingerprint density at radius 1 is 1.39 bits per heavy atom. The van der Waals surface area contributed by atoms with Crippen molar-refractivity contribution in [1.29, 1.82) is 0 Å². The van der Waals surface area contributed by atoms with Crippen molar-refractivity contribution < 1.29 is 19.4 Å². The van der Waals surface area contributed by atoms with Gasteiger partial charge in [0.1, 0.15) is 17.1 Å². The van der Waals surface area contributed by atoms with E-state index in [1.54, 1.807) is 19.9 Å². The second-order valence-electron chi connectivity index (χ2n) is 4.56. The van der Waals surface area contributed by atoms with Crippen LogP contribution in [0.1, 0.15) is 36.7 Å². The number of rotatable bonds is 5. The highest BCUT2D eigenvalue weighted by molar-refractivity contribution is 5.94. The maximum Gasteiger partial charge on any atom is 0.342 e. The summed E-state index contributed by atoms with van der Waals surface area (Å²) in [4.78, 5) is 11.6. The Morgan fingerprint density at radius 2 is 2.06 bits per heavy atom. The maximum atomic E-state index is 11.6. The lowest BCUT2D eigenvalue weighted by Crippen LogP contribution is -2.09. The molecule has 0 atom stereocenters. The molecule has 18 heavy (non-hydrogen) atoms. The van der Waals surface area contributed by atoms with Crippen LogP contribution >= 0.6 is 0 Å². The molecule has 1 N–H and O–H groups in total. The molecular weight excluding hydrogens is 232 g/mol. The number of carbonyl (C=O) groups is 1. The van der Waals surface area contributed by atoms with Crippen LogP contribution in [-0.2, 0) is 4.74 Å². The number of benzene rings is 1. The first-order valence-electron chi connectivity index (χ1n) is 6.09. The van der Waals surface area contributed by atoms with Crippen molar-refractivity contribution in [2.45, 2.75) is 27.7 Å². The summed E-state index contributed by atoms with van der Waals surface area (Å²) in [6.07, 6.45) is 0. The minimum Gasteiger partial charge on any atom is -0.507 e. The van der Waals surface area contributed by atoms with Gasteiger partial charge in [-0.15, -0.1) is 0 Å². The van der Waals surface area contributed by atoms with Crippen molar-refractivity contribution in [1.82, 2.24) is 0 Å². The van der Waals surface area contributed by atoms with Gasteiger partial charge in [0.05, 0.1) is 13.2 Å². The van der Waals surface area contributed by atoms with Crippen molar-refractivity contribution in [3.05, 3.63) is 23.3 Å². The van der Waals surface area contributed by atoms with Crippen LogP contribution in [0.2, 0.25) is 0 Å². The number of phenols is 1. The summed E-state index contributed by atoms with van der Waals surface area (Å²) in [7, 11) is 0. The minimum absolute atomic E-state index is 0.104. The van der Waals surface area contributed by atoms with E-state index < -0.39 is 5.97 Å².